The molecule has 20 heavy (non-hydrogen) atoms. The smallest absolute Gasteiger partial charge is 0.181 e. The van der Waals surface area contributed by atoms with Crippen LogP contribution in [0.4, 0.5) is 0 Å². The van der Waals surface area contributed by atoms with E-state index in [0.29, 0.717) is 17.6 Å². The normalized spacial score (nSPS) is 18.6. The van der Waals surface area contributed by atoms with Crippen molar-refractivity contribution in [1.29, 1.82) is 0 Å². The molecule has 1 aliphatic rings. The number of H-pyrrole nitrogens is 1. The summed E-state index contributed by atoms with van der Waals surface area (Å²) in [5, 5.41) is 14.1. The maximum Gasteiger partial charge on any atom is 0.181 e. The van der Waals surface area contributed by atoms with Crippen LogP contribution in [0.1, 0.15) is 49.9 Å². The second-order valence-corrected chi connectivity index (χ2v) is 5.20. The molecule has 0 bridgehead atoms. The molecule has 2 aromatic heterocycles. The fraction of sp³-hybridized carbons (Fsp3) is 0.571. The number of nitrogens with zero attached hydrogens (tertiary/aromatic N) is 4. The van der Waals surface area contributed by atoms with Crippen LogP contribution in [0.2, 0.25) is 0 Å². The summed E-state index contributed by atoms with van der Waals surface area (Å²) in [5.41, 5.74) is 3.11. The Morgan fingerprint density at radius 3 is 3.10 bits per heavy atom. The van der Waals surface area contributed by atoms with E-state index in [1.807, 2.05) is 6.20 Å². The van der Waals surface area contributed by atoms with Crippen LogP contribution in [-0.4, -0.2) is 31.9 Å². The van der Waals surface area contributed by atoms with Gasteiger partial charge in [-0.1, -0.05) is 13.3 Å². The maximum atomic E-state index is 4.70. The van der Waals surface area contributed by atoms with Gasteiger partial charge in [0.25, 0.3) is 0 Å². The van der Waals surface area contributed by atoms with Crippen LogP contribution in [0.25, 0.3) is 11.5 Å². The number of hydrogen-bond donors (Lipinski definition) is 2. The lowest BCUT2D eigenvalue weighted by Crippen LogP contribution is -2.23. The monoisotopic (exact) mass is 272 g/mol. The van der Waals surface area contributed by atoms with E-state index in [0.717, 1.165) is 25.1 Å². The van der Waals surface area contributed by atoms with Crippen LogP contribution in [0.15, 0.2) is 12.4 Å². The SMILES string of the molecule is CCCNC1CCCCc2nc(-c3cn[nH]n3)ncc21. The molecule has 1 aliphatic carbocycles. The minimum Gasteiger partial charge on any atom is -0.310 e. The summed E-state index contributed by atoms with van der Waals surface area (Å²) in [6.07, 6.45) is 9.37. The van der Waals surface area contributed by atoms with Gasteiger partial charge in [0.15, 0.2) is 5.82 Å². The number of aromatic nitrogens is 5. The Balaban J connectivity index is 1.91. The topological polar surface area (TPSA) is 79.4 Å². The van der Waals surface area contributed by atoms with Crippen LogP contribution >= 0.6 is 0 Å². The first kappa shape index (κ1) is 13.2. The summed E-state index contributed by atoms with van der Waals surface area (Å²) in [5.74, 6) is 0.661. The van der Waals surface area contributed by atoms with Gasteiger partial charge in [0, 0.05) is 23.5 Å². The van der Waals surface area contributed by atoms with Crippen molar-refractivity contribution in [2.45, 2.75) is 45.1 Å². The minimum atomic E-state index is 0.388. The molecular weight excluding hydrogens is 252 g/mol. The van der Waals surface area contributed by atoms with Crippen LogP contribution in [-0.2, 0) is 6.42 Å². The summed E-state index contributed by atoms with van der Waals surface area (Å²) in [7, 11) is 0. The van der Waals surface area contributed by atoms with Crippen molar-refractivity contribution in [3.63, 3.8) is 0 Å². The Labute approximate surface area is 118 Å². The molecule has 6 heteroatoms. The van der Waals surface area contributed by atoms with Crippen LogP contribution in [0.5, 0.6) is 0 Å². The second-order valence-electron chi connectivity index (χ2n) is 5.20. The molecule has 3 rings (SSSR count). The van der Waals surface area contributed by atoms with Crippen molar-refractivity contribution in [2.75, 3.05) is 6.54 Å². The lowest BCUT2D eigenvalue weighted by molar-refractivity contribution is 0.488. The largest absolute Gasteiger partial charge is 0.310 e. The van der Waals surface area contributed by atoms with Crippen molar-refractivity contribution in [1.82, 2.24) is 30.7 Å². The highest BCUT2D eigenvalue weighted by atomic mass is 15.3. The average molecular weight is 272 g/mol. The number of hydrogen-bond acceptors (Lipinski definition) is 5. The first-order chi connectivity index (χ1) is 9.88. The van der Waals surface area contributed by atoms with Crippen LogP contribution in [0.3, 0.4) is 0 Å². The van der Waals surface area contributed by atoms with Crippen molar-refractivity contribution in [2.24, 2.45) is 0 Å². The van der Waals surface area contributed by atoms with Gasteiger partial charge in [-0.15, -0.1) is 0 Å². The minimum absolute atomic E-state index is 0.388. The molecule has 0 spiro atoms. The zero-order valence-corrected chi connectivity index (χ0v) is 11.8. The summed E-state index contributed by atoms with van der Waals surface area (Å²) >= 11 is 0. The van der Waals surface area contributed by atoms with Crippen molar-refractivity contribution >= 4 is 0 Å². The van der Waals surface area contributed by atoms with Gasteiger partial charge in [0.1, 0.15) is 5.69 Å². The molecule has 106 valence electrons. The average Bonchev–Trinajstić information content (AvgIpc) is 2.94. The second kappa shape index (κ2) is 6.09. The maximum absolute atomic E-state index is 4.70. The molecule has 0 radical (unpaired) electrons. The van der Waals surface area contributed by atoms with Gasteiger partial charge in [-0.2, -0.15) is 15.4 Å². The predicted molar refractivity (Wildman–Crippen MR) is 76.0 cm³/mol. The molecule has 2 heterocycles. The number of aromatic amines is 1. The highest BCUT2D eigenvalue weighted by Crippen LogP contribution is 2.28. The van der Waals surface area contributed by atoms with Gasteiger partial charge in [-0.3, -0.25) is 0 Å². The molecule has 0 saturated heterocycles. The molecule has 0 saturated carbocycles. The van der Waals surface area contributed by atoms with Gasteiger partial charge in [-0.05, 0) is 32.2 Å². The van der Waals surface area contributed by atoms with Gasteiger partial charge in [0.2, 0.25) is 0 Å². The molecule has 0 fully saturated rings. The third-order valence-corrected chi connectivity index (χ3v) is 3.72. The molecule has 0 amide bonds. The summed E-state index contributed by atoms with van der Waals surface area (Å²) in [4.78, 5) is 9.16. The fourth-order valence-electron chi connectivity index (χ4n) is 2.68. The molecule has 2 N–H and O–H groups in total. The zero-order chi connectivity index (χ0) is 13.8. The van der Waals surface area contributed by atoms with Crippen LogP contribution < -0.4 is 5.32 Å². The van der Waals surface area contributed by atoms with Crippen molar-refractivity contribution in [3.05, 3.63) is 23.7 Å². The first-order valence-electron chi connectivity index (χ1n) is 7.34. The third kappa shape index (κ3) is 2.70. The van der Waals surface area contributed by atoms with Gasteiger partial charge >= 0.3 is 0 Å². The molecule has 2 aromatic rings. The molecule has 0 aromatic carbocycles. The quantitative estimate of drug-likeness (QED) is 0.832. The number of nitrogens with one attached hydrogen (secondary N) is 2. The Morgan fingerprint density at radius 1 is 1.35 bits per heavy atom. The summed E-state index contributed by atoms with van der Waals surface area (Å²) < 4.78 is 0. The van der Waals surface area contributed by atoms with E-state index in [1.165, 1.54) is 24.8 Å². The van der Waals surface area contributed by atoms with E-state index in [4.69, 9.17) is 4.98 Å². The van der Waals surface area contributed by atoms with Crippen molar-refractivity contribution in [3.8, 4) is 11.5 Å². The summed E-state index contributed by atoms with van der Waals surface area (Å²) in [6, 6.07) is 0.388. The first-order valence-corrected chi connectivity index (χ1v) is 7.34. The van der Waals surface area contributed by atoms with E-state index in [2.05, 4.69) is 32.6 Å². The zero-order valence-electron chi connectivity index (χ0n) is 11.8. The third-order valence-electron chi connectivity index (χ3n) is 3.72. The summed E-state index contributed by atoms with van der Waals surface area (Å²) in [6.45, 7) is 3.23. The van der Waals surface area contributed by atoms with E-state index in [-0.39, 0.29) is 0 Å². The molecule has 1 unspecified atom stereocenters. The van der Waals surface area contributed by atoms with Gasteiger partial charge < -0.3 is 5.32 Å². The number of fused-ring (bicyclic) bond motifs is 1. The molecule has 1 atom stereocenters. The molecule has 6 nitrogen and oxygen atoms in total. The Morgan fingerprint density at radius 2 is 2.30 bits per heavy atom. The predicted octanol–water partition coefficient (Wildman–Crippen LogP) is 2.03. The van der Waals surface area contributed by atoms with Crippen molar-refractivity contribution < 1.29 is 0 Å². The fourth-order valence-corrected chi connectivity index (χ4v) is 2.68. The standard InChI is InChI=1S/C14H20N6/c1-2-7-15-11-5-3-4-6-12-10(11)8-16-14(18-12)13-9-17-20-19-13/h8-9,11,15H,2-7H2,1H3,(H,17,19,20). The van der Waals surface area contributed by atoms with E-state index < -0.39 is 0 Å². The highest BCUT2D eigenvalue weighted by molar-refractivity contribution is 5.47. The lowest BCUT2D eigenvalue weighted by Gasteiger charge is -2.18. The number of rotatable bonds is 4. The van der Waals surface area contributed by atoms with E-state index in [1.54, 1.807) is 6.20 Å². The van der Waals surface area contributed by atoms with Crippen LogP contribution in [0, 0.1) is 0 Å². The molecular formula is C14H20N6. The lowest BCUT2D eigenvalue weighted by atomic mass is 10.0. The van der Waals surface area contributed by atoms with Gasteiger partial charge in [-0.25, -0.2) is 9.97 Å². The van der Waals surface area contributed by atoms with Gasteiger partial charge in [0.05, 0.1) is 6.20 Å². The van der Waals surface area contributed by atoms with E-state index >= 15 is 0 Å². The van der Waals surface area contributed by atoms with E-state index in [9.17, 15) is 0 Å². The Hall–Kier alpha value is -1.82. The Kier molecular flexibility index (Phi) is 4.01. The molecule has 0 aliphatic heterocycles. The highest BCUT2D eigenvalue weighted by Gasteiger charge is 2.20. The number of aryl methyl sites for hydroxylation is 1. The Bertz CT molecular complexity index is 551.